The average molecular weight is 480 g/mol. The summed E-state index contributed by atoms with van der Waals surface area (Å²) in [5.41, 5.74) is 1.59. The second-order valence-corrected chi connectivity index (χ2v) is 10.9. The lowest BCUT2D eigenvalue weighted by atomic mass is 9.98. The van der Waals surface area contributed by atoms with Crippen LogP contribution in [0.15, 0.2) is 59.5 Å². The van der Waals surface area contributed by atoms with Gasteiger partial charge in [0.1, 0.15) is 5.82 Å². The predicted molar refractivity (Wildman–Crippen MR) is 130 cm³/mol. The molecule has 2 aromatic carbocycles. The molecule has 2 aliphatic heterocycles. The van der Waals surface area contributed by atoms with E-state index in [1.165, 1.54) is 10.7 Å². The number of amides is 1. The molecule has 5 rings (SSSR count). The van der Waals surface area contributed by atoms with Crippen molar-refractivity contribution >= 4 is 21.6 Å². The molecule has 1 unspecified atom stereocenters. The summed E-state index contributed by atoms with van der Waals surface area (Å²) in [7, 11) is -3.61. The van der Waals surface area contributed by atoms with Crippen LogP contribution in [-0.4, -0.2) is 46.5 Å². The molecule has 3 aromatic rings. The number of nitrogens with zero attached hydrogens (tertiary/aromatic N) is 4. The zero-order valence-electron chi connectivity index (χ0n) is 19.1. The fourth-order valence-corrected chi connectivity index (χ4v) is 6.34. The summed E-state index contributed by atoms with van der Waals surface area (Å²) >= 11 is 0. The molecule has 178 valence electrons. The second-order valence-electron chi connectivity index (χ2n) is 8.99. The number of nitrogens with one attached hydrogen (secondary N) is 1. The van der Waals surface area contributed by atoms with Crippen LogP contribution in [0, 0.1) is 5.92 Å². The molecule has 9 heteroatoms. The van der Waals surface area contributed by atoms with Crippen LogP contribution in [0.25, 0.3) is 11.4 Å². The maximum atomic E-state index is 13.1. The lowest BCUT2D eigenvalue weighted by molar-refractivity contribution is -0.120. The number of fused-ring (bicyclic) bond motifs is 1. The Morgan fingerprint density at radius 1 is 0.941 bits per heavy atom. The van der Waals surface area contributed by atoms with Crippen molar-refractivity contribution in [3.05, 3.63) is 60.4 Å². The monoisotopic (exact) mass is 479 g/mol. The molecule has 1 saturated heterocycles. The van der Waals surface area contributed by atoms with Crippen molar-refractivity contribution in [2.75, 3.05) is 18.4 Å². The molecule has 0 bridgehead atoms. The minimum absolute atomic E-state index is 0.162. The van der Waals surface area contributed by atoms with E-state index < -0.39 is 15.9 Å². The van der Waals surface area contributed by atoms with Gasteiger partial charge in [0.05, 0.1) is 10.8 Å². The van der Waals surface area contributed by atoms with E-state index in [0.29, 0.717) is 25.1 Å². The molecule has 3 heterocycles. The Hall–Kier alpha value is -3.04. The van der Waals surface area contributed by atoms with Gasteiger partial charge >= 0.3 is 0 Å². The molecule has 2 aliphatic rings. The Bertz CT molecular complexity index is 1270. The van der Waals surface area contributed by atoms with Gasteiger partial charge in [0.2, 0.25) is 15.9 Å². The van der Waals surface area contributed by atoms with Crippen LogP contribution >= 0.6 is 0 Å². The molecule has 34 heavy (non-hydrogen) atoms. The van der Waals surface area contributed by atoms with Crippen molar-refractivity contribution in [2.24, 2.45) is 5.92 Å². The van der Waals surface area contributed by atoms with Gasteiger partial charge in [-0.15, -0.1) is 10.2 Å². The van der Waals surface area contributed by atoms with Gasteiger partial charge in [-0.05, 0) is 49.9 Å². The molecule has 0 saturated carbocycles. The second kappa shape index (κ2) is 9.68. The number of piperidine rings is 1. The van der Waals surface area contributed by atoms with Crippen LogP contribution in [0.1, 0.15) is 37.9 Å². The van der Waals surface area contributed by atoms with E-state index in [1.54, 1.807) is 30.3 Å². The van der Waals surface area contributed by atoms with Gasteiger partial charge in [-0.2, -0.15) is 4.31 Å². The van der Waals surface area contributed by atoms with Crippen LogP contribution < -0.4 is 5.32 Å². The van der Waals surface area contributed by atoms with Crippen LogP contribution in [-0.2, 0) is 27.8 Å². The number of rotatable bonds is 5. The molecule has 1 N–H and O–H groups in total. The molecule has 1 atom stereocenters. The average Bonchev–Trinajstić information content (AvgIpc) is 3.13. The molecular weight excluding hydrogens is 450 g/mol. The smallest absolute Gasteiger partial charge is 0.243 e. The number of aromatic nitrogens is 3. The van der Waals surface area contributed by atoms with E-state index >= 15 is 0 Å². The van der Waals surface area contributed by atoms with Crippen LogP contribution in [0.4, 0.5) is 5.69 Å². The van der Waals surface area contributed by atoms with E-state index in [4.69, 9.17) is 0 Å². The first-order chi connectivity index (χ1) is 16.5. The molecular formula is C25H29N5O3S. The fraction of sp³-hybridized carbons (Fsp3) is 0.400. The first-order valence-electron chi connectivity index (χ1n) is 11.9. The first kappa shape index (κ1) is 22.7. The summed E-state index contributed by atoms with van der Waals surface area (Å²) in [6.07, 6.45) is 5.68. The number of sulfonamides is 1. The Morgan fingerprint density at radius 2 is 1.79 bits per heavy atom. The zero-order chi connectivity index (χ0) is 23.5. The van der Waals surface area contributed by atoms with Crippen molar-refractivity contribution in [3.8, 4) is 11.4 Å². The molecule has 0 spiro atoms. The topological polar surface area (TPSA) is 97.2 Å². The molecule has 1 fully saturated rings. The van der Waals surface area contributed by atoms with Crippen molar-refractivity contribution < 1.29 is 13.2 Å². The number of benzene rings is 2. The summed E-state index contributed by atoms with van der Waals surface area (Å²) in [6, 6.07) is 16.0. The summed E-state index contributed by atoms with van der Waals surface area (Å²) in [6.45, 7) is 1.51. The predicted octanol–water partition coefficient (Wildman–Crippen LogP) is 3.71. The summed E-state index contributed by atoms with van der Waals surface area (Å²) < 4.78 is 29.6. The highest BCUT2D eigenvalue weighted by Crippen LogP contribution is 2.27. The minimum Gasteiger partial charge on any atom is -0.326 e. The van der Waals surface area contributed by atoms with Crippen molar-refractivity contribution in [3.63, 3.8) is 0 Å². The Balaban J connectivity index is 1.30. The zero-order valence-corrected chi connectivity index (χ0v) is 19.9. The fourth-order valence-electron chi connectivity index (χ4n) is 4.80. The number of anilines is 1. The van der Waals surface area contributed by atoms with Gasteiger partial charge in [-0.3, -0.25) is 4.79 Å². The maximum Gasteiger partial charge on any atom is 0.243 e. The van der Waals surface area contributed by atoms with Gasteiger partial charge in [-0.25, -0.2) is 8.42 Å². The molecule has 0 aliphatic carbocycles. The van der Waals surface area contributed by atoms with E-state index in [-0.39, 0.29) is 17.3 Å². The maximum absolute atomic E-state index is 13.1. The van der Waals surface area contributed by atoms with Crippen LogP contribution in [0.3, 0.4) is 0 Å². The summed E-state index contributed by atoms with van der Waals surface area (Å²) in [5.74, 6) is 1.28. The van der Waals surface area contributed by atoms with Gasteiger partial charge in [-0.1, -0.05) is 36.8 Å². The highest BCUT2D eigenvalue weighted by Gasteiger charge is 2.33. The third kappa shape index (κ3) is 4.63. The number of carbonyl (C=O) groups excluding carboxylic acids is 1. The Kier molecular flexibility index (Phi) is 6.47. The number of hydrogen-bond acceptors (Lipinski definition) is 5. The first-order valence-corrected chi connectivity index (χ1v) is 13.3. The van der Waals surface area contributed by atoms with E-state index in [1.807, 2.05) is 24.3 Å². The third-order valence-corrected chi connectivity index (χ3v) is 8.51. The van der Waals surface area contributed by atoms with Gasteiger partial charge < -0.3 is 9.88 Å². The van der Waals surface area contributed by atoms with Gasteiger partial charge in [0, 0.05) is 37.3 Å². The van der Waals surface area contributed by atoms with E-state index in [2.05, 4.69) is 20.1 Å². The standard InChI is InChI=1S/C25H29N5O3S/c31-25(20-10-8-15-29(18-20)34(32,33)22-12-3-1-4-13-22)26-21-11-7-9-19(17-21)24-28-27-23-14-5-2-6-16-30(23)24/h1,3-4,7,9,11-13,17,20H,2,5-6,8,10,14-16,18H2,(H,26,31). The number of aryl methyl sites for hydroxylation is 1. The van der Waals surface area contributed by atoms with Crippen molar-refractivity contribution in [1.82, 2.24) is 19.1 Å². The highest BCUT2D eigenvalue weighted by atomic mass is 32.2. The quantitative estimate of drug-likeness (QED) is 0.602. The van der Waals surface area contributed by atoms with Gasteiger partial charge in [0.15, 0.2) is 5.82 Å². The summed E-state index contributed by atoms with van der Waals surface area (Å²) in [5, 5.41) is 11.8. The van der Waals surface area contributed by atoms with E-state index in [9.17, 15) is 13.2 Å². The molecule has 1 aromatic heterocycles. The van der Waals surface area contributed by atoms with E-state index in [0.717, 1.165) is 43.0 Å². The lowest BCUT2D eigenvalue weighted by Crippen LogP contribution is -2.43. The van der Waals surface area contributed by atoms with Crippen LogP contribution in [0.5, 0.6) is 0 Å². The van der Waals surface area contributed by atoms with Crippen molar-refractivity contribution in [1.29, 1.82) is 0 Å². The third-order valence-electron chi connectivity index (χ3n) is 6.63. The number of carbonyl (C=O) groups is 1. The van der Waals surface area contributed by atoms with Crippen LogP contribution in [0.2, 0.25) is 0 Å². The Morgan fingerprint density at radius 3 is 2.65 bits per heavy atom. The lowest BCUT2D eigenvalue weighted by Gasteiger charge is -2.31. The normalized spacial score (nSPS) is 19.2. The summed E-state index contributed by atoms with van der Waals surface area (Å²) in [4.78, 5) is 13.3. The van der Waals surface area contributed by atoms with Gasteiger partial charge in [0.25, 0.3) is 0 Å². The molecule has 1 amide bonds. The SMILES string of the molecule is O=C(Nc1cccc(-c2nnc3n2CCCCC3)c1)C1CCCN(S(=O)(=O)c2ccccc2)C1. The minimum atomic E-state index is -3.61. The highest BCUT2D eigenvalue weighted by molar-refractivity contribution is 7.89. The largest absolute Gasteiger partial charge is 0.326 e. The molecule has 0 radical (unpaired) electrons. The molecule has 8 nitrogen and oxygen atoms in total. The van der Waals surface area contributed by atoms with Crippen molar-refractivity contribution in [2.45, 2.75) is 50.0 Å². The Labute approximate surface area is 200 Å². The number of hydrogen-bond donors (Lipinski definition) is 1.